The molecule has 1 heterocycles. The van der Waals surface area contributed by atoms with Crippen LogP contribution in [0.2, 0.25) is 0 Å². The van der Waals surface area contributed by atoms with E-state index in [4.69, 9.17) is 0 Å². The highest BCUT2D eigenvalue weighted by atomic mass is 16.2. The molecule has 0 spiro atoms. The molecule has 0 N–H and O–H groups in total. The van der Waals surface area contributed by atoms with Crippen LogP contribution in [0.5, 0.6) is 0 Å². The molecule has 0 saturated carbocycles. The van der Waals surface area contributed by atoms with Gasteiger partial charge in [0.05, 0.1) is 0 Å². The molecule has 1 fully saturated rings. The molecule has 0 aromatic heterocycles. The predicted octanol–water partition coefficient (Wildman–Crippen LogP) is 1.70. The minimum absolute atomic E-state index is 0.179. The van der Waals surface area contributed by atoms with Gasteiger partial charge in [-0.3, -0.25) is 4.79 Å². The summed E-state index contributed by atoms with van der Waals surface area (Å²) in [6.45, 7) is 10.1. The first kappa shape index (κ1) is 8.05. The van der Waals surface area contributed by atoms with Gasteiger partial charge in [0.1, 0.15) is 0 Å². The third-order valence-corrected chi connectivity index (χ3v) is 1.74. The molecule has 0 aliphatic carbocycles. The number of rotatable bonds is 2. The Morgan fingerprint density at radius 3 is 2.64 bits per heavy atom. The van der Waals surface area contributed by atoms with Gasteiger partial charge in [0.2, 0.25) is 5.91 Å². The van der Waals surface area contributed by atoms with Crippen LogP contribution in [-0.4, -0.2) is 17.4 Å². The zero-order valence-corrected chi connectivity index (χ0v) is 6.89. The Kier molecular flexibility index (Phi) is 2.13. The fourth-order valence-electron chi connectivity index (χ4n) is 1.17. The summed E-state index contributed by atoms with van der Waals surface area (Å²) in [5.41, 5.74) is 1.93. The third kappa shape index (κ3) is 1.70. The third-order valence-electron chi connectivity index (χ3n) is 1.74. The largest absolute Gasteiger partial charge is 0.313 e. The summed E-state index contributed by atoms with van der Waals surface area (Å²) in [5, 5.41) is 0. The van der Waals surface area contributed by atoms with Crippen molar-refractivity contribution in [2.75, 3.05) is 6.54 Å². The van der Waals surface area contributed by atoms with Gasteiger partial charge in [-0.2, -0.15) is 0 Å². The zero-order valence-electron chi connectivity index (χ0n) is 6.89. The number of allylic oxidation sites excluding steroid dienone is 1. The first-order valence-corrected chi connectivity index (χ1v) is 3.74. The van der Waals surface area contributed by atoms with E-state index in [2.05, 4.69) is 13.2 Å². The fraction of sp³-hybridized carbons (Fsp3) is 0.444. The van der Waals surface area contributed by atoms with Gasteiger partial charge in [0.25, 0.3) is 0 Å². The van der Waals surface area contributed by atoms with Crippen molar-refractivity contribution in [1.82, 2.24) is 4.90 Å². The van der Waals surface area contributed by atoms with Crippen molar-refractivity contribution in [2.45, 2.75) is 19.8 Å². The highest BCUT2D eigenvalue weighted by Crippen LogP contribution is 2.20. The SMILES string of the molecule is C=C(C)CN1C(=C)CCC1=O. The number of likely N-dealkylation sites (tertiary alicyclic amines) is 1. The summed E-state index contributed by atoms with van der Waals surface area (Å²) in [6, 6.07) is 0. The first-order chi connectivity index (χ1) is 5.11. The van der Waals surface area contributed by atoms with Gasteiger partial charge < -0.3 is 4.90 Å². The van der Waals surface area contributed by atoms with Crippen LogP contribution in [0.4, 0.5) is 0 Å². The Labute approximate surface area is 67.2 Å². The normalized spacial score (nSPS) is 17.7. The molecule has 60 valence electrons. The second-order valence-electron chi connectivity index (χ2n) is 3.00. The summed E-state index contributed by atoms with van der Waals surface area (Å²) in [6.07, 6.45) is 1.43. The molecule has 1 amide bonds. The zero-order chi connectivity index (χ0) is 8.43. The van der Waals surface area contributed by atoms with Crippen LogP contribution >= 0.6 is 0 Å². The first-order valence-electron chi connectivity index (χ1n) is 3.74. The molecule has 0 bridgehead atoms. The van der Waals surface area contributed by atoms with E-state index in [0.717, 1.165) is 17.7 Å². The van der Waals surface area contributed by atoms with Crippen LogP contribution in [-0.2, 0) is 4.79 Å². The fourth-order valence-corrected chi connectivity index (χ4v) is 1.17. The number of carbonyl (C=O) groups excluding carboxylic acids is 1. The van der Waals surface area contributed by atoms with Gasteiger partial charge in [-0.1, -0.05) is 18.7 Å². The molecule has 0 aromatic rings. The minimum atomic E-state index is 0.179. The van der Waals surface area contributed by atoms with Crippen molar-refractivity contribution in [3.63, 3.8) is 0 Å². The average Bonchev–Trinajstić information content (AvgIpc) is 2.18. The van der Waals surface area contributed by atoms with E-state index in [-0.39, 0.29) is 5.91 Å². The lowest BCUT2D eigenvalue weighted by Gasteiger charge is -2.16. The summed E-state index contributed by atoms with van der Waals surface area (Å²) in [4.78, 5) is 12.9. The maximum absolute atomic E-state index is 11.1. The van der Waals surface area contributed by atoms with Crippen LogP contribution in [0.15, 0.2) is 24.4 Å². The van der Waals surface area contributed by atoms with Gasteiger partial charge in [0, 0.05) is 18.7 Å². The quantitative estimate of drug-likeness (QED) is 0.550. The molecule has 1 saturated heterocycles. The Balaban J connectivity index is 2.62. The molecule has 2 heteroatoms. The van der Waals surface area contributed by atoms with E-state index in [1.54, 1.807) is 4.90 Å². The molecule has 1 rings (SSSR count). The standard InChI is InChI=1S/C9H13NO/c1-7(2)6-10-8(3)4-5-9(10)11/h1,3-6H2,2H3. The lowest BCUT2D eigenvalue weighted by atomic mass is 10.3. The molecule has 0 atom stereocenters. The molecule has 1 aliphatic rings. The van der Waals surface area contributed by atoms with E-state index < -0.39 is 0 Å². The molecule has 2 nitrogen and oxygen atoms in total. The van der Waals surface area contributed by atoms with E-state index in [1.807, 2.05) is 6.92 Å². The minimum Gasteiger partial charge on any atom is -0.313 e. The number of nitrogens with zero attached hydrogens (tertiary/aromatic N) is 1. The summed E-state index contributed by atoms with van der Waals surface area (Å²) in [5.74, 6) is 0.179. The topological polar surface area (TPSA) is 20.3 Å². The van der Waals surface area contributed by atoms with Crippen LogP contribution in [0.3, 0.4) is 0 Å². The van der Waals surface area contributed by atoms with Crippen LogP contribution in [0, 0.1) is 0 Å². The monoisotopic (exact) mass is 151 g/mol. The molecule has 1 aliphatic heterocycles. The Bertz CT molecular complexity index is 202. The summed E-state index contributed by atoms with van der Waals surface area (Å²) in [7, 11) is 0. The molecule has 0 radical (unpaired) electrons. The maximum Gasteiger partial charge on any atom is 0.227 e. The Morgan fingerprint density at radius 1 is 1.64 bits per heavy atom. The number of amides is 1. The van der Waals surface area contributed by atoms with Crippen molar-refractivity contribution in [2.24, 2.45) is 0 Å². The van der Waals surface area contributed by atoms with Gasteiger partial charge in [0.15, 0.2) is 0 Å². The van der Waals surface area contributed by atoms with Gasteiger partial charge >= 0.3 is 0 Å². The highest BCUT2D eigenvalue weighted by Gasteiger charge is 2.23. The lowest BCUT2D eigenvalue weighted by Crippen LogP contribution is -2.24. The molecule has 0 aromatic carbocycles. The van der Waals surface area contributed by atoms with Crippen LogP contribution in [0.1, 0.15) is 19.8 Å². The van der Waals surface area contributed by atoms with Crippen molar-refractivity contribution >= 4 is 5.91 Å². The highest BCUT2D eigenvalue weighted by molar-refractivity contribution is 5.81. The van der Waals surface area contributed by atoms with Crippen molar-refractivity contribution < 1.29 is 4.79 Å². The van der Waals surface area contributed by atoms with Gasteiger partial charge in [-0.15, -0.1) is 0 Å². The van der Waals surface area contributed by atoms with E-state index in [9.17, 15) is 4.79 Å². The lowest BCUT2D eigenvalue weighted by molar-refractivity contribution is -0.126. The smallest absolute Gasteiger partial charge is 0.227 e. The predicted molar refractivity (Wildman–Crippen MR) is 44.9 cm³/mol. The van der Waals surface area contributed by atoms with E-state index in [0.29, 0.717) is 13.0 Å². The van der Waals surface area contributed by atoms with Crippen LogP contribution in [0.25, 0.3) is 0 Å². The molecule has 0 unspecified atom stereocenters. The summed E-state index contributed by atoms with van der Waals surface area (Å²) >= 11 is 0. The molecular formula is C9H13NO. The van der Waals surface area contributed by atoms with Crippen molar-refractivity contribution in [3.05, 3.63) is 24.4 Å². The van der Waals surface area contributed by atoms with Gasteiger partial charge in [-0.25, -0.2) is 0 Å². The van der Waals surface area contributed by atoms with E-state index in [1.165, 1.54) is 0 Å². The second-order valence-corrected chi connectivity index (χ2v) is 3.00. The number of hydrogen-bond acceptors (Lipinski definition) is 1. The molecule has 11 heavy (non-hydrogen) atoms. The Morgan fingerprint density at radius 2 is 2.27 bits per heavy atom. The van der Waals surface area contributed by atoms with Crippen LogP contribution < -0.4 is 0 Å². The molecular weight excluding hydrogens is 138 g/mol. The Hall–Kier alpha value is -1.05. The number of carbonyl (C=O) groups is 1. The van der Waals surface area contributed by atoms with Crippen molar-refractivity contribution in [3.8, 4) is 0 Å². The van der Waals surface area contributed by atoms with E-state index >= 15 is 0 Å². The number of hydrogen-bond donors (Lipinski definition) is 0. The van der Waals surface area contributed by atoms with Gasteiger partial charge in [-0.05, 0) is 13.3 Å². The average molecular weight is 151 g/mol. The second kappa shape index (κ2) is 2.91. The maximum atomic E-state index is 11.1. The van der Waals surface area contributed by atoms with Crippen molar-refractivity contribution in [1.29, 1.82) is 0 Å². The summed E-state index contributed by atoms with van der Waals surface area (Å²) < 4.78 is 0.